The second kappa shape index (κ2) is 6.18. The van der Waals surface area contributed by atoms with Gasteiger partial charge < -0.3 is 0 Å². The van der Waals surface area contributed by atoms with Crippen LogP contribution in [-0.4, -0.2) is 37.5 Å². The molecule has 1 heterocycles. The van der Waals surface area contributed by atoms with Crippen molar-refractivity contribution in [2.45, 2.75) is 45.4 Å². The summed E-state index contributed by atoms with van der Waals surface area (Å²) in [5.41, 5.74) is 0. The van der Waals surface area contributed by atoms with Gasteiger partial charge in [0.15, 0.2) is 6.34 Å². The Bertz CT molecular complexity index is 177. The van der Waals surface area contributed by atoms with E-state index in [0.29, 0.717) is 0 Å². The number of unbranched alkanes of at least 4 members (excludes halogenated alkanes) is 5. The van der Waals surface area contributed by atoms with Gasteiger partial charge in [0.05, 0.1) is 20.1 Å². The molecular formula is C12H25N2+. The van der Waals surface area contributed by atoms with Gasteiger partial charge in [0.2, 0.25) is 0 Å². The van der Waals surface area contributed by atoms with Crippen LogP contribution < -0.4 is 0 Å². The second-order valence-electron chi connectivity index (χ2n) is 4.72. The van der Waals surface area contributed by atoms with E-state index in [1.54, 1.807) is 0 Å². The third-order valence-electron chi connectivity index (χ3n) is 3.12. The molecule has 1 atom stereocenters. The molecule has 0 aromatic heterocycles. The minimum absolute atomic E-state index is 1.03. The minimum atomic E-state index is 1.03. The number of aliphatic imine (C=N–C) groups is 1. The van der Waals surface area contributed by atoms with Gasteiger partial charge in [-0.3, -0.25) is 4.48 Å². The van der Waals surface area contributed by atoms with E-state index < -0.39 is 0 Å². The van der Waals surface area contributed by atoms with Crippen molar-refractivity contribution in [1.82, 2.24) is 0 Å². The van der Waals surface area contributed by atoms with Gasteiger partial charge in [0, 0.05) is 0 Å². The average Bonchev–Trinajstić information content (AvgIpc) is 2.59. The Morgan fingerprint density at radius 3 is 2.50 bits per heavy atom. The van der Waals surface area contributed by atoms with Gasteiger partial charge in [-0.05, 0) is 12.8 Å². The van der Waals surface area contributed by atoms with E-state index in [0.717, 1.165) is 11.0 Å². The van der Waals surface area contributed by atoms with E-state index in [-0.39, 0.29) is 0 Å². The molecule has 0 aromatic rings. The topological polar surface area (TPSA) is 12.4 Å². The summed E-state index contributed by atoms with van der Waals surface area (Å²) in [6.45, 7) is 5.81. The molecule has 0 radical (unpaired) electrons. The van der Waals surface area contributed by atoms with E-state index in [2.05, 4.69) is 25.3 Å². The van der Waals surface area contributed by atoms with Gasteiger partial charge in [0.1, 0.15) is 6.54 Å². The Balaban J connectivity index is 1.95. The molecule has 2 nitrogen and oxygen atoms in total. The molecule has 82 valence electrons. The van der Waals surface area contributed by atoms with E-state index in [1.165, 1.54) is 51.6 Å². The lowest BCUT2D eigenvalue weighted by Crippen LogP contribution is -2.41. The molecular weight excluding hydrogens is 172 g/mol. The highest BCUT2D eigenvalue weighted by molar-refractivity contribution is 5.47. The predicted molar refractivity (Wildman–Crippen MR) is 62.7 cm³/mol. The van der Waals surface area contributed by atoms with Crippen LogP contribution in [0, 0.1) is 0 Å². The average molecular weight is 197 g/mol. The SMILES string of the molecule is CCCCCCCC[N+]1(C)C=NCC1. The molecule has 14 heavy (non-hydrogen) atoms. The summed E-state index contributed by atoms with van der Waals surface area (Å²) in [6.07, 6.45) is 10.5. The van der Waals surface area contributed by atoms with Crippen molar-refractivity contribution in [2.24, 2.45) is 4.99 Å². The Kier molecular flexibility index (Phi) is 5.16. The molecule has 1 unspecified atom stereocenters. The van der Waals surface area contributed by atoms with Crippen molar-refractivity contribution < 1.29 is 4.48 Å². The number of likely N-dealkylation sites (N-methyl/N-ethyl adjacent to an activating group) is 1. The summed E-state index contributed by atoms with van der Waals surface area (Å²) in [5.74, 6) is 0. The number of nitrogens with zero attached hydrogens (tertiary/aromatic N) is 2. The van der Waals surface area contributed by atoms with Crippen molar-refractivity contribution in [3.05, 3.63) is 0 Å². The lowest BCUT2D eigenvalue weighted by atomic mass is 10.1. The summed E-state index contributed by atoms with van der Waals surface area (Å²) in [6, 6.07) is 0. The van der Waals surface area contributed by atoms with Crippen molar-refractivity contribution in [3.8, 4) is 0 Å². The summed E-state index contributed by atoms with van der Waals surface area (Å²) < 4.78 is 1.08. The number of rotatable bonds is 7. The predicted octanol–water partition coefficient (Wildman–Crippen LogP) is 2.84. The van der Waals surface area contributed by atoms with Gasteiger partial charge in [-0.15, -0.1) is 0 Å². The van der Waals surface area contributed by atoms with Crippen LogP contribution in [0.2, 0.25) is 0 Å². The smallest absolute Gasteiger partial charge is 0.185 e. The molecule has 0 N–H and O–H groups in total. The Hall–Kier alpha value is -0.370. The molecule has 0 aliphatic carbocycles. The third-order valence-corrected chi connectivity index (χ3v) is 3.12. The zero-order valence-corrected chi connectivity index (χ0v) is 9.84. The van der Waals surface area contributed by atoms with Crippen LogP contribution in [0.15, 0.2) is 4.99 Å². The van der Waals surface area contributed by atoms with E-state index in [1.807, 2.05) is 0 Å². The lowest BCUT2D eigenvalue weighted by molar-refractivity contribution is -0.807. The highest BCUT2D eigenvalue weighted by Gasteiger charge is 2.22. The van der Waals surface area contributed by atoms with Gasteiger partial charge in [-0.25, -0.2) is 4.99 Å². The standard InChI is InChI=1S/C12H25N2/c1-3-4-5-6-7-8-10-14(2)11-9-13-12-14/h12H,3-11H2,1-2H3/q+1. The number of quaternary nitrogens is 1. The first kappa shape index (κ1) is 11.7. The van der Waals surface area contributed by atoms with Crippen LogP contribution in [-0.2, 0) is 0 Å². The normalized spacial score (nSPS) is 25.9. The fourth-order valence-corrected chi connectivity index (χ4v) is 2.02. The second-order valence-corrected chi connectivity index (χ2v) is 4.72. The summed E-state index contributed by atoms with van der Waals surface area (Å²) in [4.78, 5) is 4.31. The zero-order valence-electron chi connectivity index (χ0n) is 9.84. The Morgan fingerprint density at radius 1 is 1.14 bits per heavy atom. The maximum absolute atomic E-state index is 4.31. The van der Waals surface area contributed by atoms with Crippen LogP contribution in [0.5, 0.6) is 0 Å². The van der Waals surface area contributed by atoms with Gasteiger partial charge >= 0.3 is 0 Å². The maximum atomic E-state index is 4.31. The zero-order chi connectivity index (χ0) is 10.3. The molecule has 0 amide bonds. The quantitative estimate of drug-likeness (QED) is 0.439. The third kappa shape index (κ3) is 4.23. The van der Waals surface area contributed by atoms with Crippen molar-refractivity contribution in [3.63, 3.8) is 0 Å². The first-order chi connectivity index (χ1) is 6.77. The molecule has 1 rings (SSSR count). The molecule has 1 aliphatic heterocycles. The molecule has 0 saturated carbocycles. The highest BCUT2D eigenvalue weighted by Crippen LogP contribution is 2.10. The van der Waals surface area contributed by atoms with Crippen LogP contribution in [0.1, 0.15) is 45.4 Å². The molecule has 2 heteroatoms. The fourth-order valence-electron chi connectivity index (χ4n) is 2.02. The minimum Gasteiger partial charge on any atom is -0.282 e. The summed E-state index contributed by atoms with van der Waals surface area (Å²) >= 11 is 0. The molecule has 0 spiro atoms. The molecule has 0 aromatic carbocycles. The van der Waals surface area contributed by atoms with Crippen LogP contribution >= 0.6 is 0 Å². The molecule has 0 saturated heterocycles. The van der Waals surface area contributed by atoms with Crippen molar-refractivity contribution in [1.29, 1.82) is 0 Å². The van der Waals surface area contributed by atoms with Gasteiger partial charge in [-0.2, -0.15) is 0 Å². The lowest BCUT2D eigenvalue weighted by Gasteiger charge is -2.24. The van der Waals surface area contributed by atoms with E-state index >= 15 is 0 Å². The summed E-state index contributed by atoms with van der Waals surface area (Å²) in [5, 5.41) is 0. The first-order valence-electron chi connectivity index (χ1n) is 6.12. The van der Waals surface area contributed by atoms with E-state index in [4.69, 9.17) is 0 Å². The first-order valence-corrected chi connectivity index (χ1v) is 6.12. The monoisotopic (exact) mass is 197 g/mol. The summed E-state index contributed by atoms with van der Waals surface area (Å²) in [7, 11) is 2.29. The van der Waals surface area contributed by atoms with Gasteiger partial charge in [0.25, 0.3) is 0 Å². The van der Waals surface area contributed by atoms with Crippen molar-refractivity contribution >= 4 is 6.34 Å². The van der Waals surface area contributed by atoms with Crippen molar-refractivity contribution in [2.75, 3.05) is 26.7 Å². The van der Waals surface area contributed by atoms with E-state index in [9.17, 15) is 0 Å². The maximum Gasteiger partial charge on any atom is 0.185 e. The Morgan fingerprint density at radius 2 is 1.86 bits per heavy atom. The molecule has 1 aliphatic rings. The highest BCUT2D eigenvalue weighted by atomic mass is 15.4. The van der Waals surface area contributed by atoms with Gasteiger partial charge in [-0.1, -0.05) is 32.6 Å². The number of hydrogen-bond donors (Lipinski definition) is 0. The molecule has 0 fully saturated rings. The fraction of sp³-hybridized carbons (Fsp3) is 0.917. The molecule has 0 bridgehead atoms. The van der Waals surface area contributed by atoms with Crippen LogP contribution in [0.25, 0.3) is 0 Å². The largest absolute Gasteiger partial charge is 0.282 e. The van der Waals surface area contributed by atoms with Crippen LogP contribution in [0.4, 0.5) is 0 Å². The van der Waals surface area contributed by atoms with Crippen LogP contribution in [0.3, 0.4) is 0 Å². The number of hydrogen-bond acceptors (Lipinski definition) is 1. The Labute approximate surface area is 88.6 Å².